The zero-order chi connectivity index (χ0) is 35.3. The lowest BCUT2D eigenvalue weighted by Gasteiger charge is -2.49. The summed E-state index contributed by atoms with van der Waals surface area (Å²) >= 11 is 2.00. The molecule has 0 unspecified atom stereocenters. The molecule has 0 atom stereocenters. The van der Waals surface area contributed by atoms with E-state index in [1.54, 1.807) is 19.1 Å². The Morgan fingerprint density at radius 3 is 2.02 bits per heavy atom. The molecule has 13 nitrogen and oxygen atoms in total. The van der Waals surface area contributed by atoms with Crippen LogP contribution in [0.4, 0.5) is 11.4 Å². The highest BCUT2D eigenvalue weighted by molar-refractivity contribution is 14.1. The first-order chi connectivity index (χ1) is 22.4. The summed E-state index contributed by atoms with van der Waals surface area (Å²) in [6.45, 7) is 10.1. The van der Waals surface area contributed by atoms with E-state index in [1.807, 2.05) is 55.2 Å². The van der Waals surface area contributed by atoms with Gasteiger partial charge in [0.15, 0.2) is 23.1 Å². The number of Topliss-reactive ketones (excluding diaryl/α,β-unsaturated/α-hetero) is 2. The third-order valence-electron chi connectivity index (χ3n) is 8.80. The largest absolute Gasteiger partial charge is 0.490 e. The minimum absolute atomic E-state index is 0.120. The van der Waals surface area contributed by atoms with Gasteiger partial charge < -0.3 is 19.5 Å². The SMILES string of the molecule is CCOc1cc(C2C3=C(CC(C)(C)CC3=O)N(CCC(=O)O)C3=C2C(=O)CC(C)(C)C3)cc(I)c1Oc1ccc([N+](=O)[O-])cc1[N+](=O)[O-]. The van der Waals surface area contributed by atoms with Gasteiger partial charge >= 0.3 is 11.7 Å². The predicted molar refractivity (Wildman–Crippen MR) is 182 cm³/mol. The Morgan fingerprint density at radius 2 is 1.52 bits per heavy atom. The molecule has 48 heavy (non-hydrogen) atoms. The van der Waals surface area contributed by atoms with Gasteiger partial charge in [0.05, 0.1) is 32.5 Å². The molecule has 0 bridgehead atoms. The van der Waals surface area contributed by atoms with Crippen molar-refractivity contribution < 1.29 is 38.8 Å². The molecule has 0 saturated carbocycles. The first-order valence-corrected chi connectivity index (χ1v) is 16.6. The third kappa shape index (κ3) is 6.80. The Labute approximate surface area is 290 Å². The molecule has 1 aliphatic heterocycles. The van der Waals surface area contributed by atoms with Crippen molar-refractivity contribution in [2.75, 3.05) is 13.2 Å². The van der Waals surface area contributed by atoms with Crippen molar-refractivity contribution >= 4 is 51.5 Å². The minimum atomic E-state index is -0.982. The number of nitro benzene ring substituents is 2. The van der Waals surface area contributed by atoms with Crippen molar-refractivity contribution in [1.82, 2.24) is 4.90 Å². The summed E-state index contributed by atoms with van der Waals surface area (Å²) in [7, 11) is 0. The van der Waals surface area contributed by atoms with Crippen LogP contribution in [0.5, 0.6) is 17.2 Å². The first-order valence-electron chi connectivity index (χ1n) is 15.5. The molecule has 254 valence electrons. The highest BCUT2D eigenvalue weighted by Gasteiger charge is 2.49. The molecule has 0 fully saturated rings. The molecule has 3 aliphatic rings. The van der Waals surface area contributed by atoms with Crippen molar-refractivity contribution in [3.8, 4) is 17.2 Å². The number of halogens is 1. The number of carboxylic acid groups (broad SMARTS) is 1. The molecule has 0 spiro atoms. The zero-order valence-corrected chi connectivity index (χ0v) is 29.4. The van der Waals surface area contributed by atoms with Gasteiger partial charge in [0, 0.05) is 53.9 Å². The van der Waals surface area contributed by atoms with Crippen LogP contribution in [0.25, 0.3) is 0 Å². The van der Waals surface area contributed by atoms with E-state index in [4.69, 9.17) is 9.47 Å². The highest BCUT2D eigenvalue weighted by Crippen LogP contribution is 2.55. The van der Waals surface area contributed by atoms with Crippen LogP contribution in [0.3, 0.4) is 0 Å². The smallest absolute Gasteiger partial charge is 0.318 e. The van der Waals surface area contributed by atoms with Crippen LogP contribution in [0, 0.1) is 34.6 Å². The highest BCUT2D eigenvalue weighted by atomic mass is 127. The van der Waals surface area contributed by atoms with Crippen LogP contribution in [0.15, 0.2) is 52.9 Å². The van der Waals surface area contributed by atoms with E-state index < -0.39 is 43.9 Å². The number of carbonyl (C=O) groups is 3. The molecule has 2 aromatic carbocycles. The lowest BCUT2D eigenvalue weighted by Crippen LogP contribution is -2.45. The molecule has 2 aliphatic carbocycles. The topological polar surface area (TPSA) is 179 Å². The maximum atomic E-state index is 14.1. The maximum Gasteiger partial charge on any atom is 0.318 e. The van der Waals surface area contributed by atoms with Crippen LogP contribution in [-0.4, -0.2) is 50.5 Å². The van der Waals surface area contributed by atoms with Gasteiger partial charge in [-0.1, -0.05) is 27.7 Å². The van der Waals surface area contributed by atoms with Gasteiger partial charge in [0.25, 0.3) is 5.69 Å². The summed E-state index contributed by atoms with van der Waals surface area (Å²) in [5.74, 6) is -1.86. The number of non-ortho nitro benzene ring substituents is 1. The fourth-order valence-electron chi connectivity index (χ4n) is 6.93. The molecule has 1 heterocycles. The van der Waals surface area contributed by atoms with Gasteiger partial charge in [0.2, 0.25) is 5.75 Å². The molecule has 0 amide bonds. The summed E-state index contributed by atoms with van der Waals surface area (Å²) in [4.78, 5) is 63.4. The van der Waals surface area contributed by atoms with Crippen molar-refractivity contribution in [2.24, 2.45) is 10.8 Å². The predicted octanol–water partition coefficient (Wildman–Crippen LogP) is 7.46. The molecule has 5 rings (SSSR count). The van der Waals surface area contributed by atoms with Crippen LogP contribution >= 0.6 is 22.6 Å². The summed E-state index contributed by atoms with van der Waals surface area (Å²) in [5.41, 5.74) is 1.11. The zero-order valence-electron chi connectivity index (χ0n) is 27.3. The number of hydrogen-bond acceptors (Lipinski definition) is 10. The van der Waals surface area contributed by atoms with E-state index in [9.17, 15) is 39.7 Å². The summed E-state index contributed by atoms with van der Waals surface area (Å²) in [5, 5.41) is 32.7. The monoisotopic (exact) mass is 773 g/mol. The molecule has 0 saturated heterocycles. The quantitative estimate of drug-likeness (QED) is 0.144. The molecule has 2 aromatic rings. The molecule has 14 heteroatoms. The van der Waals surface area contributed by atoms with E-state index in [1.165, 1.54) is 0 Å². The molecule has 0 aromatic heterocycles. The average molecular weight is 774 g/mol. The number of ketones is 2. The number of rotatable bonds is 10. The number of ether oxygens (including phenoxy) is 2. The van der Waals surface area contributed by atoms with Crippen molar-refractivity contribution in [2.45, 2.75) is 72.6 Å². The number of carboxylic acids is 1. The van der Waals surface area contributed by atoms with E-state index in [2.05, 4.69) is 0 Å². The summed E-state index contributed by atoms with van der Waals surface area (Å²) < 4.78 is 12.5. The Balaban J connectivity index is 1.72. The van der Waals surface area contributed by atoms with E-state index in [-0.39, 0.29) is 61.2 Å². The van der Waals surface area contributed by atoms with Crippen LogP contribution < -0.4 is 9.47 Å². The Hall–Kier alpha value is -4.34. The number of nitro groups is 2. The number of nitrogens with zero attached hydrogens (tertiary/aromatic N) is 3. The summed E-state index contributed by atoms with van der Waals surface area (Å²) in [6.07, 6.45) is 1.34. The van der Waals surface area contributed by atoms with Crippen molar-refractivity contribution in [3.05, 3.63) is 82.2 Å². The van der Waals surface area contributed by atoms with E-state index >= 15 is 0 Å². The first kappa shape index (κ1) is 35.0. The van der Waals surface area contributed by atoms with Gasteiger partial charge in [-0.2, -0.15) is 0 Å². The van der Waals surface area contributed by atoms with Gasteiger partial charge in [-0.15, -0.1) is 0 Å². The molecular weight excluding hydrogens is 737 g/mol. The lowest BCUT2D eigenvalue weighted by molar-refractivity contribution is -0.394. The van der Waals surface area contributed by atoms with Crippen LogP contribution in [-0.2, 0) is 14.4 Å². The number of aliphatic carboxylic acids is 1. The van der Waals surface area contributed by atoms with Gasteiger partial charge in [-0.05, 0) is 76.9 Å². The lowest BCUT2D eigenvalue weighted by atomic mass is 9.63. The number of benzene rings is 2. The standard InChI is InChI=1S/C34H36IN3O10/c1-6-47-27-12-18(11-20(35)32(27)48-26-8-7-19(37(43)44)13-21(26)38(45)46)29-30-22(14-33(2,3)16-24(30)39)36(10-9-28(41)42)23-15-34(4,5)17-25(40)31(23)29/h7-8,11-13,29H,6,9-10,14-17H2,1-5H3,(H,41,42). The summed E-state index contributed by atoms with van der Waals surface area (Å²) in [6, 6.07) is 6.51. The van der Waals surface area contributed by atoms with Gasteiger partial charge in [0.1, 0.15) is 0 Å². The molecule has 1 N–H and O–H groups in total. The second-order valence-corrected chi connectivity index (χ2v) is 15.0. The average Bonchev–Trinajstić information content (AvgIpc) is 2.96. The van der Waals surface area contributed by atoms with Crippen molar-refractivity contribution in [1.29, 1.82) is 0 Å². The van der Waals surface area contributed by atoms with Gasteiger partial charge in [-0.25, -0.2) is 0 Å². The van der Waals surface area contributed by atoms with Crippen LogP contribution in [0.2, 0.25) is 0 Å². The maximum absolute atomic E-state index is 14.1. The Kier molecular flexibility index (Phi) is 9.43. The van der Waals surface area contributed by atoms with Crippen molar-refractivity contribution in [3.63, 3.8) is 0 Å². The van der Waals surface area contributed by atoms with E-state index in [0.29, 0.717) is 33.1 Å². The second-order valence-electron chi connectivity index (χ2n) is 13.9. The fourth-order valence-corrected chi connectivity index (χ4v) is 7.67. The Bertz CT molecular complexity index is 1770. The van der Waals surface area contributed by atoms with E-state index in [0.717, 1.165) is 29.6 Å². The molecule has 0 radical (unpaired) electrons. The number of hydrogen-bond donors (Lipinski definition) is 1. The fraction of sp³-hybridized carbons (Fsp3) is 0.441. The normalized spacial score (nSPS) is 18.8. The van der Waals surface area contributed by atoms with Crippen LogP contribution in [0.1, 0.15) is 78.2 Å². The number of allylic oxidation sites excluding steroid dienone is 4. The second kappa shape index (κ2) is 12.9. The number of carbonyl (C=O) groups excluding carboxylic acids is 2. The molecular formula is C34H36IN3O10. The Morgan fingerprint density at radius 1 is 0.938 bits per heavy atom. The van der Waals surface area contributed by atoms with Gasteiger partial charge in [-0.3, -0.25) is 34.6 Å². The third-order valence-corrected chi connectivity index (χ3v) is 9.60. The minimum Gasteiger partial charge on any atom is -0.490 e.